The van der Waals surface area contributed by atoms with E-state index in [4.69, 9.17) is 5.73 Å². The molecule has 1 aliphatic heterocycles. The first kappa shape index (κ1) is 13.9. The number of nitrogens with two attached hydrogens (primary N) is 1. The molecule has 0 amide bonds. The molecule has 1 heterocycles. The van der Waals surface area contributed by atoms with Gasteiger partial charge in [-0.2, -0.15) is 0 Å². The van der Waals surface area contributed by atoms with Gasteiger partial charge >= 0.3 is 0 Å². The third kappa shape index (κ3) is 4.81. The van der Waals surface area contributed by atoms with Gasteiger partial charge in [-0.15, -0.1) is 0 Å². The summed E-state index contributed by atoms with van der Waals surface area (Å²) in [6.07, 6.45) is 6.46. The molecule has 2 N–H and O–H groups in total. The molecule has 0 bridgehead atoms. The maximum atomic E-state index is 5.74. The minimum absolute atomic E-state index is 0.733. The fraction of sp³-hybridized carbons (Fsp3) is 1.00. The van der Waals surface area contributed by atoms with Crippen LogP contribution < -0.4 is 5.73 Å². The molecule has 1 unspecified atom stereocenters. The molecular weight excluding hydrogens is 198 g/mol. The van der Waals surface area contributed by atoms with Crippen LogP contribution in [0.2, 0.25) is 0 Å². The lowest BCUT2D eigenvalue weighted by atomic mass is 10.0. The Morgan fingerprint density at radius 3 is 2.62 bits per heavy atom. The van der Waals surface area contributed by atoms with Crippen molar-refractivity contribution < 1.29 is 0 Å². The van der Waals surface area contributed by atoms with Crippen molar-refractivity contribution >= 4 is 0 Å². The molecule has 96 valence electrons. The third-order valence-electron chi connectivity index (χ3n) is 3.66. The predicted octanol–water partition coefficient (Wildman–Crippen LogP) is 1.53. The lowest BCUT2D eigenvalue weighted by molar-refractivity contribution is 0.182. The maximum Gasteiger partial charge on any atom is 0.0112 e. The monoisotopic (exact) mass is 227 g/mol. The quantitative estimate of drug-likeness (QED) is 0.747. The summed E-state index contributed by atoms with van der Waals surface area (Å²) in [6, 6.07) is 0.733. The van der Waals surface area contributed by atoms with Gasteiger partial charge in [0.15, 0.2) is 0 Å². The lowest BCUT2D eigenvalue weighted by Crippen LogP contribution is -2.39. The lowest BCUT2D eigenvalue weighted by Gasteiger charge is -2.30. The molecule has 0 aromatic rings. The molecule has 0 saturated carbocycles. The Bertz CT molecular complexity index is 171. The van der Waals surface area contributed by atoms with Gasteiger partial charge in [0.25, 0.3) is 0 Å². The van der Waals surface area contributed by atoms with E-state index in [9.17, 15) is 0 Å². The molecule has 3 heteroatoms. The Hall–Kier alpha value is -0.120. The van der Waals surface area contributed by atoms with Gasteiger partial charge in [0, 0.05) is 19.1 Å². The number of hydrogen-bond donors (Lipinski definition) is 1. The van der Waals surface area contributed by atoms with Gasteiger partial charge in [0.1, 0.15) is 0 Å². The van der Waals surface area contributed by atoms with Gasteiger partial charge in [-0.3, -0.25) is 4.90 Å². The smallest absolute Gasteiger partial charge is 0.0112 e. The van der Waals surface area contributed by atoms with Gasteiger partial charge in [-0.1, -0.05) is 19.8 Å². The Kier molecular flexibility index (Phi) is 7.01. The second-order valence-corrected chi connectivity index (χ2v) is 5.07. The van der Waals surface area contributed by atoms with Crippen LogP contribution in [0.25, 0.3) is 0 Å². The van der Waals surface area contributed by atoms with E-state index in [0.717, 1.165) is 12.6 Å². The largest absolute Gasteiger partial charge is 0.330 e. The third-order valence-corrected chi connectivity index (χ3v) is 3.66. The summed E-state index contributed by atoms with van der Waals surface area (Å²) in [4.78, 5) is 5.12. The molecule has 1 aliphatic rings. The zero-order valence-corrected chi connectivity index (χ0v) is 11.1. The molecule has 1 saturated heterocycles. The number of nitrogens with zero attached hydrogens (tertiary/aromatic N) is 2. The summed E-state index contributed by atoms with van der Waals surface area (Å²) >= 11 is 0. The fourth-order valence-electron chi connectivity index (χ4n) is 2.57. The normalized spacial score (nSPS) is 21.9. The fourth-order valence-corrected chi connectivity index (χ4v) is 2.57. The van der Waals surface area contributed by atoms with Crippen molar-refractivity contribution in [2.24, 2.45) is 5.73 Å². The standard InChI is InChI=1S/C13H29N3/c1-3-4-6-13(7-8-14)16-10-5-9-15(2)11-12-16/h13H,3-12,14H2,1-2H3. The zero-order chi connectivity index (χ0) is 11.8. The van der Waals surface area contributed by atoms with E-state index in [1.165, 1.54) is 58.3 Å². The zero-order valence-electron chi connectivity index (χ0n) is 11.1. The topological polar surface area (TPSA) is 32.5 Å². The Labute approximate surface area is 101 Å². The number of hydrogen-bond acceptors (Lipinski definition) is 3. The van der Waals surface area contributed by atoms with Crippen molar-refractivity contribution in [1.29, 1.82) is 0 Å². The van der Waals surface area contributed by atoms with Crippen LogP contribution in [0, 0.1) is 0 Å². The van der Waals surface area contributed by atoms with E-state index < -0.39 is 0 Å². The molecule has 3 nitrogen and oxygen atoms in total. The molecule has 1 fully saturated rings. The molecule has 0 aliphatic carbocycles. The SMILES string of the molecule is CCCCC(CCN)N1CCCN(C)CC1. The van der Waals surface area contributed by atoms with Crippen molar-refractivity contribution in [3.8, 4) is 0 Å². The minimum atomic E-state index is 0.733. The van der Waals surface area contributed by atoms with E-state index in [-0.39, 0.29) is 0 Å². The first-order chi connectivity index (χ1) is 7.77. The molecular formula is C13H29N3. The predicted molar refractivity (Wildman–Crippen MR) is 70.7 cm³/mol. The molecule has 0 radical (unpaired) electrons. The Morgan fingerprint density at radius 2 is 1.94 bits per heavy atom. The highest BCUT2D eigenvalue weighted by Gasteiger charge is 2.19. The number of rotatable bonds is 6. The van der Waals surface area contributed by atoms with Crippen LogP contribution in [0.15, 0.2) is 0 Å². The van der Waals surface area contributed by atoms with Crippen LogP contribution in [0.5, 0.6) is 0 Å². The molecule has 0 aromatic heterocycles. The Morgan fingerprint density at radius 1 is 1.12 bits per heavy atom. The highest BCUT2D eigenvalue weighted by atomic mass is 15.2. The van der Waals surface area contributed by atoms with Crippen LogP contribution in [-0.4, -0.2) is 55.6 Å². The van der Waals surface area contributed by atoms with Gasteiger partial charge < -0.3 is 10.6 Å². The molecule has 1 atom stereocenters. The minimum Gasteiger partial charge on any atom is -0.330 e. The second kappa shape index (κ2) is 8.04. The van der Waals surface area contributed by atoms with Crippen molar-refractivity contribution in [1.82, 2.24) is 9.80 Å². The molecule has 1 rings (SSSR count). The first-order valence-electron chi connectivity index (χ1n) is 6.90. The molecule has 0 aromatic carbocycles. The summed E-state index contributed by atoms with van der Waals surface area (Å²) in [5, 5.41) is 0. The van der Waals surface area contributed by atoms with Gasteiger partial charge in [0.2, 0.25) is 0 Å². The summed E-state index contributed by atoms with van der Waals surface area (Å²) < 4.78 is 0. The molecule has 16 heavy (non-hydrogen) atoms. The van der Waals surface area contributed by atoms with Crippen molar-refractivity contribution in [3.63, 3.8) is 0 Å². The summed E-state index contributed by atoms with van der Waals surface area (Å²) in [6.45, 7) is 8.06. The summed E-state index contributed by atoms with van der Waals surface area (Å²) in [5.74, 6) is 0. The van der Waals surface area contributed by atoms with E-state index in [2.05, 4.69) is 23.8 Å². The van der Waals surface area contributed by atoms with Gasteiger partial charge in [-0.05, 0) is 45.9 Å². The van der Waals surface area contributed by atoms with Crippen LogP contribution in [-0.2, 0) is 0 Å². The van der Waals surface area contributed by atoms with Crippen LogP contribution >= 0.6 is 0 Å². The van der Waals surface area contributed by atoms with Crippen LogP contribution in [0.1, 0.15) is 39.0 Å². The highest BCUT2D eigenvalue weighted by Crippen LogP contribution is 2.14. The van der Waals surface area contributed by atoms with Crippen LogP contribution in [0.4, 0.5) is 0 Å². The van der Waals surface area contributed by atoms with Crippen LogP contribution in [0.3, 0.4) is 0 Å². The second-order valence-electron chi connectivity index (χ2n) is 5.07. The van der Waals surface area contributed by atoms with E-state index in [1.54, 1.807) is 0 Å². The number of likely N-dealkylation sites (N-methyl/N-ethyl adjacent to an activating group) is 1. The summed E-state index contributed by atoms with van der Waals surface area (Å²) in [5.41, 5.74) is 5.74. The van der Waals surface area contributed by atoms with Gasteiger partial charge in [-0.25, -0.2) is 0 Å². The van der Waals surface area contributed by atoms with E-state index in [0.29, 0.717) is 0 Å². The van der Waals surface area contributed by atoms with Crippen molar-refractivity contribution in [2.75, 3.05) is 39.8 Å². The average molecular weight is 227 g/mol. The molecule has 0 spiro atoms. The van der Waals surface area contributed by atoms with Gasteiger partial charge in [0.05, 0.1) is 0 Å². The maximum absolute atomic E-state index is 5.74. The first-order valence-corrected chi connectivity index (χ1v) is 6.90. The average Bonchev–Trinajstić information content (AvgIpc) is 2.49. The van der Waals surface area contributed by atoms with E-state index >= 15 is 0 Å². The Balaban J connectivity index is 2.41. The summed E-state index contributed by atoms with van der Waals surface area (Å²) in [7, 11) is 2.23. The highest BCUT2D eigenvalue weighted by molar-refractivity contribution is 4.76. The van der Waals surface area contributed by atoms with Crippen molar-refractivity contribution in [3.05, 3.63) is 0 Å². The number of unbranched alkanes of at least 4 members (excludes halogenated alkanes) is 1. The van der Waals surface area contributed by atoms with Crippen molar-refractivity contribution in [2.45, 2.75) is 45.1 Å². The van der Waals surface area contributed by atoms with E-state index in [1.807, 2.05) is 0 Å².